The maximum atomic E-state index is 11.7. The molecule has 19 heavy (non-hydrogen) atoms. The highest BCUT2D eigenvalue weighted by atomic mass is 32.1. The third-order valence-electron chi connectivity index (χ3n) is 3.34. The van der Waals surface area contributed by atoms with Crippen molar-refractivity contribution in [3.8, 4) is 0 Å². The standard InChI is InChI=1S/C14H17N3OS/c1-2-10(11-4-3-7-19-11)15-12-8-13(18)17-14(16-12)9-5-6-9/h3-4,7-10H,2,5-6H2,1H3,(H2,15,16,17,18). The molecule has 0 radical (unpaired) electrons. The number of rotatable bonds is 5. The molecule has 2 N–H and O–H groups in total. The molecule has 1 atom stereocenters. The van der Waals surface area contributed by atoms with Crippen molar-refractivity contribution in [3.63, 3.8) is 0 Å². The van der Waals surface area contributed by atoms with Crippen LogP contribution in [0.5, 0.6) is 0 Å². The topological polar surface area (TPSA) is 57.8 Å². The van der Waals surface area contributed by atoms with Crippen LogP contribution in [-0.4, -0.2) is 9.97 Å². The summed E-state index contributed by atoms with van der Waals surface area (Å²) in [7, 11) is 0. The molecule has 0 aromatic carbocycles. The Hall–Kier alpha value is -1.62. The Kier molecular flexibility index (Phi) is 3.38. The fraction of sp³-hybridized carbons (Fsp3) is 0.429. The molecule has 0 saturated heterocycles. The second kappa shape index (κ2) is 5.17. The zero-order valence-electron chi connectivity index (χ0n) is 10.8. The average Bonchev–Trinajstić information content (AvgIpc) is 3.11. The summed E-state index contributed by atoms with van der Waals surface area (Å²) in [6.07, 6.45) is 3.23. The normalized spacial score (nSPS) is 16.3. The Bertz CT molecular complexity index is 601. The fourth-order valence-corrected chi connectivity index (χ4v) is 3.00. The van der Waals surface area contributed by atoms with Crippen LogP contribution < -0.4 is 10.9 Å². The lowest BCUT2D eigenvalue weighted by Crippen LogP contribution is -2.16. The summed E-state index contributed by atoms with van der Waals surface area (Å²) in [5.41, 5.74) is -0.0690. The largest absolute Gasteiger partial charge is 0.362 e. The highest BCUT2D eigenvalue weighted by Gasteiger charge is 2.26. The van der Waals surface area contributed by atoms with Gasteiger partial charge in [-0.25, -0.2) is 4.98 Å². The summed E-state index contributed by atoms with van der Waals surface area (Å²) in [6.45, 7) is 2.13. The molecule has 1 aliphatic carbocycles. The van der Waals surface area contributed by atoms with Crippen LogP contribution in [0.2, 0.25) is 0 Å². The molecule has 2 aromatic heterocycles. The highest BCUT2D eigenvalue weighted by Crippen LogP contribution is 2.38. The van der Waals surface area contributed by atoms with Gasteiger partial charge in [-0.15, -0.1) is 11.3 Å². The molecule has 0 amide bonds. The first-order valence-corrected chi connectivity index (χ1v) is 7.55. The van der Waals surface area contributed by atoms with Crippen molar-refractivity contribution in [2.45, 2.75) is 38.1 Å². The second-order valence-electron chi connectivity index (χ2n) is 4.91. The van der Waals surface area contributed by atoms with Crippen LogP contribution in [0.15, 0.2) is 28.4 Å². The predicted octanol–water partition coefficient (Wildman–Crippen LogP) is 3.27. The molecule has 1 unspecified atom stereocenters. The number of anilines is 1. The van der Waals surface area contributed by atoms with Crippen molar-refractivity contribution >= 4 is 17.2 Å². The first kappa shape index (κ1) is 12.4. The summed E-state index contributed by atoms with van der Waals surface area (Å²) in [6, 6.07) is 5.93. The van der Waals surface area contributed by atoms with E-state index < -0.39 is 0 Å². The monoisotopic (exact) mass is 275 g/mol. The molecule has 1 saturated carbocycles. The van der Waals surface area contributed by atoms with Crippen LogP contribution >= 0.6 is 11.3 Å². The van der Waals surface area contributed by atoms with Crippen molar-refractivity contribution in [2.75, 3.05) is 5.32 Å². The maximum Gasteiger partial charge on any atom is 0.252 e. The number of thiophene rings is 1. The van der Waals surface area contributed by atoms with E-state index in [2.05, 4.69) is 33.7 Å². The summed E-state index contributed by atoms with van der Waals surface area (Å²) >= 11 is 1.73. The van der Waals surface area contributed by atoms with Gasteiger partial charge in [0.25, 0.3) is 5.56 Å². The Morgan fingerprint density at radius 3 is 3.05 bits per heavy atom. The first-order valence-electron chi connectivity index (χ1n) is 6.67. The van der Waals surface area contributed by atoms with Crippen LogP contribution in [0.4, 0.5) is 5.82 Å². The van der Waals surface area contributed by atoms with E-state index in [0.29, 0.717) is 11.7 Å². The first-order chi connectivity index (χ1) is 9.26. The predicted molar refractivity (Wildman–Crippen MR) is 77.8 cm³/mol. The lowest BCUT2D eigenvalue weighted by atomic mass is 10.2. The van der Waals surface area contributed by atoms with Crippen LogP contribution in [-0.2, 0) is 0 Å². The minimum atomic E-state index is -0.0690. The van der Waals surface area contributed by atoms with E-state index in [-0.39, 0.29) is 11.6 Å². The molecule has 4 nitrogen and oxygen atoms in total. The fourth-order valence-electron chi connectivity index (χ4n) is 2.14. The molecule has 1 fully saturated rings. The maximum absolute atomic E-state index is 11.7. The van der Waals surface area contributed by atoms with Gasteiger partial charge in [0.05, 0.1) is 6.04 Å². The average molecular weight is 275 g/mol. The van der Waals surface area contributed by atoms with Crippen molar-refractivity contribution in [1.82, 2.24) is 9.97 Å². The molecule has 1 aliphatic rings. The molecule has 5 heteroatoms. The number of hydrogen-bond donors (Lipinski definition) is 2. The number of aromatic nitrogens is 2. The molecule has 2 heterocycles. The Labute approximate surface area is 115 Å². The van der Waals surface area contributed by atoms with Crippen LogP contribution in [0.1, 0.15) is 48.8 Å². The molecular weight excluding hydrogens is 258 g/mol. The molecule has 100 valence electrons. The van der Waals surface area contributed by atoms with Gasteiger partial charge in [0, 0.05) is 16.9 Å². The zero-order valence-corrected chi connectivity index (χ0v) is 11.7. The second-order valence-corrected chi connectivity index (χ2v) is 5.89. The lowest BCUT2D eigenvalue weighted by Gasteiger charge is -2.16. The molecule has 0 bridgehead atoms. The van der Waals surface area contributed by atoms with E-state index in [0.717, 1.165) is 25.1 Å². The van der Waals surface area contributed by atoms with E-state index in [1.807, 2.05) is 6.07 Å². The van der Waals surface area contributed by atoms with E-state index in [1.54, 1.807) is 17.4 Å². The zero-order chi connectivity index (χ0) is 13.2. The number of nitrogens with zero attached hydrogens (tertiary/aromatic N) is 1. The van der Waals surface area contributed by atoms with Gasteiger partial charge in [-0.05, 0) is 30.7 Å². The van der Waals surface area contributed by atoms with Gasteiger partial charge in [0.1, 0.15) is 11.6 Å². The van der Waals surface area contributed by atoms with Crippen molar-refractivity contribution in [1.29, 1.82) is 0 Å². The number of H-pyrrole nitrogens is 1. The van der Waals surface area contributed by atoms with Crippen LogP contribution in [0.3, 0.4) is 0 Å². The molecule has 0 aliphatic heterocycles. The minimum absolute atomic E-state index is 0.0690. The SMILES string of the molecule is CCC(Nc1cc(=O)[nH]c(C2CC2)n1)c1cccs1. The molecular formula is C14H17N3OS. The quantitative estimate of drug-likeness (QED) is 0.880. The summed E-state index contributed by atoms with van der Waals surface area (Å²) < 4.78 is 0. The van der Waals surface area contributed by atoms with Gasteiger partial charge in [0.15, 0.2) is 0 Å². The molecule has 2 aromatic rings. The van der Waals surface area contributed by atoms with E-state index in [4.69, 9.17) is 0 Å². The number of aromatic amines is 1. The summed E-state index contributed by atoms with van der Waals surface area (Å²) in [5.74, 6) is 1.97. The Balaban J connectivity index is 1.83. The summed E-state index contributed by atoms with van der Waals surface area (Å²) in [4.78, 5) is 20.3. The Morgan fingerprint density at radius 1 is 1.58 bits per heavy atom. The Morgan fingerprint density at radius 2 is 2.42 bits per heavy atom. The van der Waals surface area contributed by atoms with Crippen molar-refractivity contribution < 1.29 is 0 Å². The van der Waals surface area contributed by atoms with E-state index >= 15 is 0 Å². The van der Waals surface area contributed by atoms with Crippen molar-refractivity contribution in [3.05, 3.63) is 44.6 Å². The van der Waals surface area contributed by atoms with Gasteiger partial charge in [0.2, 0.25) is 0 Å². The van der Waals surface area contributed by atoms with Gasteiger partial charge in [-0.2, -0.15) is 0 Å². The van der Waals surface area contributed by atoms with Gasteiger partial charge >= 0.3 is 0 Å². The third-order valence-corrected chi connectivity index (χ3v) is 4.33. The molecule has 3 rings (SSSR count). The number of hydrogen-bond acceptors (Lipinski definition) is 4. The van der Waals surface area contributed by atoms with Crippen LogP contribution in [0, 0.1) is 0 Å². The highest BCUT2D eigenvalue weighted by molar-refractivity contribution is 7.10. The number of nitrogens with one attached hydrogen (secondary N) is 2. The smallest absolute Gasteiger partial charge is 0.252 e. The molecule has 0 spiro atoms. The van der Waals surface area contributed by atoms with Gasteiger partial charge < -0.3 is 10.3 Å². The minimum Gasteiger partial charge on any atom is -0.362 e. The van der Waals surface area contributed by atoms with Crippen LogP contribution in [0.25, 0.3) is 0 Å². The van der Waals surface area contributed by atoms with Gasteiger partial charge in [-0.3, -0.25) is 4.79 Å². The van der Waals surface area contributed by atoms with E-state index in [1.165, 1.54) is 4.88 Å². The van der Waals surface area contributed by atoms with E-state index in [9.17, 15) is 4.79 Å². The van der Waals surface area contributed by atoms with Gasteiger partial charge in [-0.1, -0.05) is 13.0 Å². The third kappa shape index (κ3) is 2.87. The lowest BCUT2D eigenvalue weighted by molar-refractivity contribution is 0.753. The summed E-state index contributed by atoms with van der Waals surface area (Å²) in [5, 5.41) is 5.44. The van der Waals surface area contributed by atoms with Crippen molar-refractivity contribution in [2.24, 2.45) is 0 Å².